The lowest BCUT2D eigenvalue weighted by Gasteiger charge is -2.13. The second-order valence-electron chi connectivity index (χ2n) is 8.20. The molecule has 0 aliphatic carbocycles. The molecule has 0 saturated heterocycles. The number of ether oxygens (including phenoxy) is 1. The number of hydrogen-bond donors (Lipinski definition) is 2. The molecule has 1 atom stereocenters. The minimum atomic E-state index is -0.385. The number of esters is 1. The molecular formula is C28H29ClN2O4S. The monoisotopic (exact) mass is 524 g/mol. The van der Waals surface area contributed by atoms with Crippen LogP contribution in [0.1, 0.15) is 42.6 Å². The van der Waals surface area contributed by atoms with Crippen LogP contribution in [-0.4, -0.2) is 29.6 Å². The van der Waals surface area contributed by atoms with Gasteiger partial charge in [0.25, 0.3) is 0 Å². The first-order chi connectivity index (χ1) is 17.3. The molecule has 188 valence electrons. The van der Waals surface area contributed by atoms with E-state index in [0.29, 0.717) is 28.6 Å². The van der Waals surface area contributed by atoms with Crippen molar-refractivity contribution in [2.75, 3.05) is 17.2 Å². The van der Waals surface area contributed by atoms with Crippen molar-refractivity contribution >= 4 is 52.5 Å². The van der Waals surface area contributed by atoms with E-state index in [0.717, 1.165) is 23.3 Å². The molecule has 0 radical (unpaired) electrons. The molecular weight excluding hydrogens is 496 g/mol. The summed E-state index contributed by atoms with van der Waals surface area (Å²) in [5.74, 6) is -0.677. The molecule has 0 aromatic heterocycles. The number of rotatable bonds is 11. The molecule has 3 aromatic carbocycles. The minimum Gasteiger partial charge on any atom is -0.462 e. The highest BCUT2D eigenvalue weighted by Gasteiger charge is 2.16. The molecule has 0 aliphatic rings. The lowest BCUT2D eigenvalue weighted by Crippen LogP contribution is -2.22. The fourth-order valence-corrected chi connectivity index (χ4v) is 4.28. The van der Waals surface area contributed by atoms with E-state index >= 15 is 0 Å². The third-order valence-electron chi connectivity index (χ3n) is 5.20. The van der Waals surface area contributed by atoms with Crippen LogP contribution in [0.5, 0.6) is 0 Å². The summed E-state index contributed by atoms with van der Waals surface area (Å²) in [5.41, 5.74) is 2.57. The van der Waals surface area contributed by atoms with Crippen LogP contribution in [0.2, 0.25) is 5.02 Å². The summed E-state index contributed by atoms with van der Waals surface area (Å²) >= 11 is 7.28. The molecule has 3 aromatic rings. The van der Waals surface area contributed by atoms with E-state index in [9.17, 15) is 14.4 Å². The number of hydrogen-bond acceptors (Lipinski definition) is 5. The van der Waals surface area contributed by atoms with Crippen molar-refractivity contribution in [3.05, 3.63) is 88.9 Å². The Morgan fingerprint density at radius 1 is 0.944 bits per heavy atom. The summed E-state index contributed by atoms with van der Waals surface area (Å²) in [5, 5.41) is 6.00. The molecule has 36 heavy (non-hydrogen) atoms. The topological polar surface area (TPSA) is 84.5 Å². The van der Waals surface area contributed by atoms with Crippen molar-refractivity contribution < 1.29 is 19.1 Å². The number of unbranched alkanes of at least 4 members (excludes halogenated alkanes) is 1. The average molecular weight is 525 g/mol. The van der Waals surface area contributed by atoms with Crippen molar-refractivity contribution in [1.82, 2.24) is 0 Å². The molecule has 3 rings (SSSR count). The van der Waals surface area contributed by atoms with Gasteiger partial charge in [-0.3, -0.25) is 9.59 Å². The average Bonchev–Trinajstić information content (AvgIpc) is 2.86. The zero-order chi connectivity index (χ0) is 25.9. The van der Waals surface area contributed by atoms with Gasteiger partial charge in [0, 0.05) is 21.3 Å². The van der Waals surface area contributed by atoms with Gasteiger partial charge >= 0.3 is 5.97 Å². The van der Waals surface area contributed by atoms with E-state index in [2.05, 4.69) is 10.6 Å². The number of halogens is 1. The quantitative estimate of drug-likeness (QED) is 0.168. The smallest absolute Gasteiger partial charge is 0.338 e. The van der Waals surface area contributed by atoms with Gasteiger partial charge in [-0.15, -0.1) is 11.8 Å². The molecule has 2 N–H and O–H groups in total. The lowest BCUT2D eigenvalue weighted by atomic mass is 10.1. The highest BCUT2D eigenvalue weighted by Crippen LogP contribution is 2.27. The number of anilines is 2. The van der Waals surface area contributed by atoms with Crippen molar-refractivity contribution in [2.45, 2.75) is 43.3 Å². The number of nitrogens with one attached hydrogen (secondary N) is 2. The van der Waals surface area contributed by atoms with E-state index in [-0.39, 0.29) is 29.5 Å². The van der Waals surface area contributed by atoms with E-state index in [4.69, 9.17) is 16.3 Å². The molecule has 2 amide bonds. The predicted octanol–water partition coefficient (Wildman–Crippen LogP) is 6.60. The molecule has 8 heteroatoms. The fraction of sp³-hybridized carbons (Fsp3) is 0.250. The number of carbonyl (C=O) groups is 3. The molecule has 1 unspecified atom stereocenters. The Balaban J connectivity index is 1.51. The van der Waals surface area contributed by atoms with Gasteiger partial charge in [-0.2, -0.15) is 0 Å². The Morgan fingerprint density at radius 3 is 2.36 bits per heavy atom. The van der Waals surface area contributed by atoms with Crippen LogP contribution in [0.4, 0.5) is 11.4 Å². The van der Waals surface area contributed by atoms with E-state index < -0.39 is 0 Å². The van der Waals surface area contributed by atoms with Gasteiger partial charge in [0.1, 0.15) is 0 Å². The maximum absolute atomic E-state index is 12.7. The minimum absolute atomic E-state index is 0.136. The Morgan fingerprint density at radius 2 is 1.67 bits per heavy atom. The molecule has 0 bridgehead atoms. The van der Waals surface area contributed by atoms with Crippen molar-refractivity contribution in [3.8, 4) is 0 Å². The first-order valence-corrected chi connectivity index (χ1v) is 13.0. The largest absolute Gasteiger partial charge is 0.462 e. The first kappa shape index (κ1) is 27.3. The third kappa shape index (κ3) is 8.73. The van der Waals surface area contributed by atoms with Gasteiger partial charge in [-0.1, -0.05) is 43.1 Å². The molecule has 0 spiro atoms. The number of benzene rings is 3. The molecule has 0 fully saturated rings. The summed E-state index contributed by atoms with van der Waals surface area (Å²) in [6.07, 6.45) is 2.02. The standard InChI is InChI=1S/C28H29ClN2O4S/c1-3-4-16-35-28(34)21-10-14-23(15-11-21)31-27(33)19(2)36-25-7-5-6-24(18-25)30-26(32)17-20-8-12-22(29)13-9-20/h5-15,18-19H,3-4,16-17H2,1-2H3,(H,30,32)(H,31,33). The molecule has 6 nitrogen and oxygen atoms in total. The van der Waals surface area contributed by atoms with Gasteiger partial charge < -0.3 is 15.4 Å². The van der Waals surface area contributed by atoms with Crippen molar-refractivity contribution in [2.24, 2.45) is 0 Å². The highest BCUT2D eigenvalue weighted by atomic mass is 35.5. The summed E-state index contributed by atoms with van der Waals surface area (Å²) in [4.78, 5) is 38.0. The fourth-order valence-electron chi connectivity index (χ4n) is 3.22. The first-order valence-electron chi connectivity index (χ1n) is 11.7. The Kier molecular flexibility index (Phi) is 10.4. The summed E-state index contributed by atoms with van der Waals surface area (Å²) in [6.45, 7) is 4.24. The Bertz CT molecular complexity index is 1180. The summed E-state index contributed by atoms with van der Waals surface area (Å²) in [7, 11) is 0. The van der Waals surface area contributed by atoms with Crippen LogP contribution in [0.3, 0.4) is 0 Å². The maximum atomic E-state index is 12.7. The Hall–Kier alpha value is -3.29. The zero-order valence-electron chi connectivity index (χ0n) is 20.3. The van der Waals surface area contributed by atoms with Crippen molar-refractivity contribution in [3.63, 3.8) is 0 Å². The normalized spacial score (nSPS) is 11.4. The summed E-state index contributed by atoms with van der Waals surface area (Å²) < 4.78 is 5.20. The zero-order valence-corrected chi connectivity index (χ0v) is 21.8. The van der Waals surface area contributed by atoms with Gasteiger partial charge in [0.15, 0.2) is 0 Å². The number of thioether (sulfide) groups is 1. The number of carbonyl (C=O) groups excluding carboxylic acids is 3. The predicted molar refractivity (Wildman–Crippen MR) is 146 cm³/mol. The van der Waals surface area contributed by atoms with E-state index in [1.54, 1.807) is 36.4 Å². The van der Waals surface area contributed by atoms with E-state index in [1.165, 1.54) is 11.8 Å². The van der Waals surface area contributed by atoms with Crippen LogP contribution >= 0.6 is 23.4 Å². The van der Waals surface area contributed by atoms with Crippen LogP contribution in [0.15, 0.2) is 77.7 Å². The number of amides is 2. The highest BCUT2D eigenvalue weighted by molar-refractivity contribution is 8.00. The molecule has 0 heterocycles. The van der Waals surface area contributed by atoms with Crippen LogP contribution in [-0.2, 0) is 20.7 Å². The molecule has 0 aliphatic heterocycles. The summed E-state index contributed by atoms with van der Waals surface area (Å²) in [6, 6.07) is 21.2. The Labute approximate surface area is 220 Å². The molecule has 0 saturated carbocycles. The second-order valence-corrected chi connectivity index (χ2v) is 10.0. The van der Waals surface area contributed by atoms with Gasteiger partial charge in [0.05, 0.1) is 23.8 Å². The van der Waals surface area contributed by atoms with Gasteiger partial charge in [-0.05, 0) is 73.5 Å². The second kappa shape index (κ2) is 13.7. The van der Waals surface area contributed by atoms with Crippen molar-refractivity contribution in [1.29, 1.82) is 0 Å². The van der Waals surface area contributed by atoms with Crippen LogP contribution in [0, 0.1) is 0 Å². The van der Waals surface area contributed by atoms with E-state index in [1.807, 2.05) is 50.2 Å². The van der Waals surface area contributed by atoms with Gasteiger partial charge in [-0.25, -0.2) is 4.79 Å². The third-order valence-corrected chi connectivity index (χ3v) is 6.54. The van der Waals surface area contributed by atoms with Crippen LogP contribution < -0.4 is 10.6 Å². The lowest BCUT2D eigenvalue weighted by molar-refractivity contribution is -0.116. The van der Waals surface area contributed by atoms with Crippen LogP contribution in [0.25, 0.3) is 0 Å². The maximum Gasteiger partial charge on any atom is 0.338 e. The van der Waals surface area contributed by atoms with Gasteiger partial charge in [0.2, 0.25) is 11.8 Å². The SMILES string of the molecule is CCCCOC(=O)c1ccc(NC(=O)C(C)Sc2cccc(NC(=O)Cc3ccc(Cl)cc3)c2)cc1.